The predicted molar refractivity (Wildman–Crippen MR) is 138 cm³/mol. The number of alkyl halides is 5. The van der Waals surface area contributed by atoms with Gasteiger partial charge in [0.1, 0.15) is 15.6 Å². The van der Waals surface area contributed by atoms with E-state index in [1.54, 1.807) is 6.92 Å². The average Bonchev–Trinajstić information content (AvgIpc) is 3.17. The molecule has 0 saturated heterocycles. The van der Waals surface area contributed by atoms with Gasteiger partial charge in [-0.2, -0.15) is 27.1 Å². The van der Waals surface area contributed by atoms with Crippen molar-refractivity contribution in [2.24, 2.45) is 0 Å². The van der Waals surface area contributed by atoms with Crippen molar-refractivity contribution in [1.29, 1.82) is 0 Å². The second kappa shape index (κ2) is 12.6. The molecule has 0 unspecified atom stereocenters. The number of nitrogens with zero attached hydrogens (tertiary/aromatic N) is 2. The fraction of sp³-hybridized carbons (Fsp3) is 0.600. The number of hydrogen-bond acceptors (Lipinski definition) is 6. The molecule has 1 aromatic heterocycles. The molecule has 224 valence electrons. The van der Waals surface area contributed by atoms with Gasteiger partial charge in [-0.25, -0.2) is 8.42 Å². The summed E-state index contributed by atoms with van der Waals surface area (Å²) in [6.45, 7) is -1.56. The number of hydrogen-bond donors (Lipinski definition) is 2. The summed E-state index contributed by atoms with van der Waals surface area (Å²) in [6.07, 6.45) is -3.66. The number of aliphatic hydroxyl groups is 1. The highest BCUT2D eigenvalue weighted by Crippen LogP contribution is 2.39. The normalized spacial score (nSPS) is 20.1. The van der Waals surface area contributed by atoms with Crippen LogP contribution in [-0.2, 0) is 22.8 Å². The Labute approximate surface area is 233 Å². The Bertz CT molecular complexity index is 1310. The lowest BCUT2D eigenvalue weighted by atomic mass is 9.84. The van der Waals surface area contributed by atoms with Gasteiger partial charge in [0.2, 0.25) is 0 Å². The number of rotatable bonds is 11. The van der Waals surface area contributed by atoms with Crippen LogP contribution >= 0.6 is 11.6 Å². The van der Waals surface area contributed by atoms with E-state index in [4.69, 9.17) is 11.6 Å². The molecule has 40 heavy (non-hydrogen) atoms. The smallest absolute Gasteiger partial charge is 0.389 e. The summed E-state index contributed by atoms with van der Waals surface area (Å²) in [4.78, 5) is 13.0. The van der Waals surface area contributed by atoms with Crippen molar-refractivity contribution in [3.05, 3.63) is 34.5 Å². The van der Waals surface area contributed by atoms with Crippen LogP contribution in [0.1, 0.15) is 61.5 Å². The van der Waals surface area contributed by atoms with Gasteiger partial charge < -0.3 is 15.2 Å². The first-order chi connectivity index (χ1) is 18.5. The lowest BCUT2D eigenvalue weighted by molar-refractivity contribution is -0.135. The molecule has 1 fully saturated rings. The van der Waals surface area contributed by atoms with Crippen molar-refractivity contribution in [3.63, 3.8) is 0 Å². The van der Waals surface area contributed by atoms with E-state index in [1.807, 2.05) is 0 Å². The topological polar surface area (TPSA) is 111 Å². The zero-order valence-electron chi connectivity index (χ0n) is 21.9. The number of benzene rings is 1. The highest BCUT2D eigenvalue weighted by atomic mass is 35.5. The first-order valence-corrected chi connectivity index (χ1v) is 15.0. The fourth-order valence-corrected chi connectivity index (χ4v) is 6.15. The van der Waals surface area contributed by atoms with E-state index in [0.29, 0.717) is 5.56 Å². The van der Waals surface area contributed by atoms with Crippen molar-refractivity contribution in [1.82, 2.24) is 15.1 Å². The van der Waals surface area contributed by atoms with Gasteiger partial charge in [0.05, 0.1) is 21.6 Å². The number of aromatic nitrogens is 2. The molecule has 1 saturated carbocycles. The molecule has 1 aliphatic carbocycles. The molecule has 1 heterocycles. The second-order valence-electron chi connectivity index (χ2n) is 9.94. The number of halogens is 6. The Hall–Kier alpha value is -2.45. The van der Waals surface area contributed by atoms with Gasteiger partial charge in [0, 0.05) is 31.3 Å². The Kier molecular flexibility index (Phi) is 10.1. The van der Waals surface area contributed by atoms with E-state index in [1.165, 1.54) is 22.9 Å². The summed E-state index contributed by atoms with van der Waals surface area (Å²) in [5, 5.41) is 16.9. The molecule has 0 aliphatic heterocycles. The van der Waals surface area contributed by atoms with Crippen LogP contribution in [0.25, 0.3) is 11.3 Å². The zero-order chi connectivity index (χ0) is 29.9. The van der Waals surface area contributed by atoms with Gasteiger partial charge in [0.25, 0.3) is 5.91 Å². The summed E-state index contributed by atoms with van der Waals surface area (Å²) in [6, 6.07) is 4.05. The minimum atomic E-state index is -4.34. The van der Waals surface area contributed by atoms with E-state index >= 15 is 0 Å². The molecule has 0 spiro atoms. The Morgan fingerprint density at radius 3 is 2.50 bits per heavy atom. The van der Waals surface area contributed by atoms with E-state index in [2.05, 4.69) is 15.2 Å². The predicted octanol–water partition coefficient (Wildman–Crippen LogP) is 5.16. The maximum absolute atomic E-state index is 13.2. The van der Waals surface area contributed by atoms with Crippen LogP contribution in [0.15, 0.2) is 18.2 Å². The number of carbonyl (C=O) groups excluding carboxylic acids is 1. The molecule has 0 bridgehead atoms. The Morgan fingerprint density at radius 2 is 1.95 bits per heavy atom. The molecule has 0 atom stereocenters. The Morgan fingerprint density at radius 1 is 1.30 bits per heavy atom. The Balaban J connectivity index is 1.82. The van der Waals surface area contributed by atoms with Crippen molar-refractivity contribution >= 4 is 27.3 Å². The van der Waals surface area contributed by atoms with Crippen LogP contribution in [0.5, 0.6) is 5.75 Å². The molecular formula is C25H31ClF5N3O5S. The molecule has 15 heteroatoms. The van der Waals surface area contributed by atoms with Gasteiger partial charge in [-0.1, -0.05) is 17.7 Å². The number of amides is 1. The molecule has 8 nitrogen and oxygen atoms in total. The highest BCUT2D eigenvalue weighted by molar-refractivity contribution is 7.91. The summed E-state index contributed by atoms with van der Waals surface area (Å²) in [7, 11) is -3.24. The fourth-order valence-electron chi connectivity index (χ4n) is 4.74. The molecule has 2 N–H and O–H groups in total. The third-order valence-electron chi connectivity index (χ3n) is 6.90. The number of ether oxygens (including phenoxy) is 1. The number of nitrogens with one attached hydrogen (secondary N) is 1. The molecule has 0 radical (unpaired) electrons. The maximum atomic E-state index is 13.2. The summed E-state index contributed by atoms with van der Waals surface area (Å²) in [5.41, 5.74) is -1.04. The largest absolute Gasteiger partial charge is 0.434 e. The molecule has 1 aliphatic rings. The number of carbonyl (C=O) groups is 1. The summed E-state index contributed by atoms with van der Waals surface area (Å²) >= 11 is 6.50. The molecule has 2 aromatic rings. The standard InChI is InChI=1S/C25H31ClF5N3O5S/c1-3-34-21(17-7-6-15(5-4-10-25(29,30)31)13-18(17)39-23(27)28)19(26)20(33-34)22(35)32-14-24(36)11-8-16(9-12-24)40(2,37)38/h6-7,13,16,23,36H,3-5,8-12,14H2,1-2H3,(H,32,35)/t16-,24+. The average molecular weight is 616 g/mol. The third kappa shape index (κ3) is 8.29. The van der Waals surface area contributed by atoms with Gasteiger partial charge in [0.15, 0.2) is 5.69 Å². The highest BCUT2D eigenvalue weighted by Gasteiger charge is 2.37. The SMILES string of the molecule is CCn1nc(C(=O)NC[C@]2(O)CC[C@@H](S(C)(=O)=O)CC2)c(Cl)c1-c1ccc(CCCC(F)(F)F)cc1OC(F)F. The quantitative estimate of drug-likeness (QED) is 0.338. The second-order valence-corrected chi connectivity index (χ2v) is 12.6. The van der Waals surface area contributed by atoms with Crippen LogP contribution < -0.4 is 10.1 Å². The van der Waals surface area contributed by atoms with Crippen molar-refractivity contribution < 1.29 is 45.0 Å². The van der Waals surface area contributed by atoms with Crippen molar-refractivity contribution in [2.75, 3.05) is 12.8 Å². The van der Waals surface area contributed by atoms with Gasteiger partial charge in [-0.05, 0) is 63.1 Å². The van der Waals surface area contributed by atoms with Crippen LogP contribution in [-0.4, -0.2) is 65.7 Å². The first kappa shape index (κ1) is 32.1. The lowest BCUT2D eigenvalue weighted by Crippen LogP contribution is -2.47. The number of aryl methyl sites for hydroxylation is 2. The first-order valence-electron chi connectivity index (χ1n) is 12.6. The lowest BCUT2D eigenvalue weighted by Gasteiger charge is -2.35. The van der Waals surface area contributed by atoms with Crippen LogP contribution in [0, 0.1) is 0 Å². The van der Waals surface area contributed by atoms with Crippen molar-refractivity contribution in [2.45, 2.75) is 82.1 Å². The summed E-state index contributed by atoms with van der Waals surface area (Å²) in [5.74, 6) is -1.07. The molecule has 1 aromatic carbocycles. The van der Waals surface area contributed by atoms with Gasteiger partial charge in [-0.3, -0.25) is 9.48 Å². The van der Waals surface area contributed by atoms with Gasteiger partial charge in [-0.15, -0.1) is 0 Å². The third-order valence-corrected chi connectivity index (χ3v) is 8.94. The molecular weight excluding hydrogens is 585 g/mol. The monoisotopic (exact) mass is 615 g/mol. The zero-order valence-corrected chi connectivity index (χ0v) is 23.5. The minimum Gasteiger partial charge on any atom is -0.434 e. The number of sulfone groups is 1. The van der Waals surface area contributed by atoms with E-state index < -0.39 is 45.8 Å². The van der Waals surface area contributed by atoms with Crippen LogP contribution in [0.2, 0.25) is 5.02 Å². The van der Waals surface area contributed by atoms with Gasteiger partial charge >= 0.3 is 12.8 Å². The molecule has 1 amide bonds. The van der Waals surface area contributed by atoms with Crippen molar-refractivity contribution in [3.8, 4) is 17.0 Å². The van der Waals surface area contributed by atoms with E-state index in [9.17, 15) is 40.3 Å². The van der Waals surface area contributed by atoms with E-state index in [0.717, 1.165) is 6.26 Å². The minimum absolute atomic E-state index is 0.0261. The van der Waals surface area contributed by atoms with Crippen LogP contribution in [0.4, 0.5) is 22.0 Å². The summed E-state index contributed by atoms with van der Waals surface area (Å²) < 4.78 is 93.5. The van der Waals surface area contributed by atoms with E-state index in [-0.39, 0.29) is 79.3 Å². The van der Waals surface area contributed by atoms with Crippen LogP contribution in [0.3, 0.4) is 0 Å². The molecule has 3 rings (SSSR count). The maximum Gasteiger partial charge on any atom is 0.389 e.